The van der Waals surface area contributed by atoms with E-state index in [1.807, 2.05) is 18.2 Å². The highest BCUT2D eigenvalue weighted by atomic mass is 79.9. The number of hydrogen-bond acceptors (Lipinski definition) is 2. The van der Waals surface area contributed by atoms with Gasteiger partial charge >= 0.3 is 0 Å². The van der Waals surface area contributed by atoms with Gasteiger partial charge in [-0.3, -0.25) is 0 Å². The van der Waals surface area contributed by atoms with Gasteiger partial charge in [0.15, 0.2) is 0 Å². The molecule has 1 atom stereocenters. The number of rotatable bonds is 5. The fourth-order valence-corrected chi connectivity index (χ4v) is 5.15. The smallest absolute Gasteiger partial charge is 0.0761 e. The van der Waals surface area contributed by atoms with Crippen molar-refractivity contribution in [2.24, 2.45) is 0 Å². The third-order valence-electron chi connectivity index (χ3n) is 2.87. The van der Waals surface area contributed by atoms with Crippen LogP contribution in [0, 0.1) is 0 Å². The predicted molar refractivity (Wildman–Crippen MR) is 96.3 cm³/mol. The molecule has 0 radical (unpaired) electrons. The summed E-state index contributed by atoms with van der Waals surface area (Å²) in [6.07, 6.45) is 1.07. The fraction of sp³-hybridized carbons (Fsp3) is 0.286. The van der Waals surface area contributed by atoms with Crippen LogP contribution in [0.4, 0.5) is 0 Å². The van der Waals surface area contributed by atoms with Gasteiger partial charge in [-0.1, -0.05) is 36.2 Å². The first-order valence-corrected chi connectivity index (χ1v) is 9.31. The first kappa shape index (κ1) is 16.8. The van der Waals surface area contributed by atoms with E-state index in [4.69, 9.17) is 23.2 Å². The summed E-state index contributed by atoms with van der Waals surface area (Å²) < 4.78 is 2.21. The molecule has 6 heteroatoms. The molecule has 0 aliphatic carbocycles. The van der Waals surface area contributed by atoms with Gasteiger partial charge in [-0.05, 0) is 74.2 Å². The molecule has 0 aliphatic rings. The monoisotopic (exact) mass is 455 g/mol. The lowest BCUT2D eigenvalue weighted by molar-refractivity contribution is 0.598. The zero-order valence-electron chi connectivity index (χ0n) is 10.7. The average molecular weight is 458 g/mol. The molecule has 1 aromatic carbocycles. The Labute approximate surface area is 149 Å². The van der Waals surface area contributed by atoms with Crippen LogP contribution < -0.4 is 5.32 Å². The molecule has 1 nitrogen and oxygen atoms in total. The lowest BCUT2D eigenvalue weighted by Crippen LogP contribution is -2.23. The second kappa shape index (κ2) is 7.61. The molecule has 0 fully saturated rings. The molecular formula is C14H13Br2Cl2NS. The van der Waals surface area contributed by atoms with Crippen molar-refractivity contribution in [1.82, 2.24) is 5.32 Å². The van der Waals surface area contributed by atoms with Crippen LogP contribution >= 0.6 is 66.4 Å². The van der Waals surface area contributed by atoms with Crippen molar-refractivity contribution in [2.75, 3.05) is 6.54 Å². The first-order valence-electron chi connectivity index (χ1n) is 6.16. The van der Waals surface area contributed by atoms with Gasteiger partial charge in [0, 0.05) is 0 Å². The Bertz CT molecular complexity index is 601. The second-order valence-electron chi connectivity index (χ2n) is 4.34. The van der Waals surface area contributed by atoms with Crippen molar-refractivity contribution in [1.29, 1.82) is 0 Å². The van der Waals surface area contributed by atoms with Gasteiger partial charge in [0.1, 0.15) is 0 Å². The van der Waals surface area contributed by atoms with Crippen LogP contribution in [0.2, 0.25) is 10.0 Å². The number of nitrogens with one attached hydrogen (secondary N) is 1. The molecule has 1 aromatic heterocycles. The fourth-order valence-electron chi connectivity index (χ4n) is 1.94. The third-order valence-corrected chi connectivity index (χ3v) is 5.99. The van der Waals surface area contributed by atoms with Crippen LogP contribution in [-0.4, -0.2) is 6.54 Å². The van der Waals surface area contributed by atoms with Crippen LogP contribution in [0.3, 0.4) is 0 Å². The van der Waals surface area contributed by atoms with Gasteiger partial charge < -0.3 is 5.32 Å². The van der Waals surface area contributed by atoms with Crippen LogP contribution in [0.5, 0.6) is 0 Å². The van der Waals surface area contributed by atoms with Gasteiger partial charge in [-0.2, -0.15) is 0 Å². The van der Waals surface area contributed by atoms with Crippen LogP contribution in [-0.2, 0) is 0 Å². The molecule has 0 spiro atoms. The van der Waals surface area contributed by atoms with Crippen molar-refractivity contribution in [3.63, 3.8) is 0 Å². The SMILES string of the molecule is CCCNC(c1ccc(Cl)c(Cl)c1)c1cc(Br)sc1Br. The summed E-state index contributed by atoms with van der Waals surface area (Å²) in [6.45, 7) is 3.09. The summed E-state index contributed by atoms with van der Waals surface area (Å²) in [5, 5.41) is 4.72. The normalized spacial score (nSPS) is 12.7. The minimum Gasteiger partial charge on any atom is -0.306 e. The maximum Gasteiger partial charge on any atom is 0.0761 e. The topological polar surface area (TPSA) is 12.0 Å². The summed E-state index contributed by atoms with van der Waals surface area (Å²) in [5.41, 5.74) is 2.31. The second-order valence-corrected chi connectivity index (χ2v) is 8.90. The maximum absolute atomic E-state index is 6.15. The summed E-state index contributed by atoms with van der Waals surface area (Å²) in [5.74, 6) is 0. The molecule has 0 saturated heterocycles. The Morgan fingerprint density at radius 1 is 1.20 bits per heavy atom. The first-order chi connectivity index (χ1) is 9.52. The number of thiophene rings is 1. The molecule has 0 aliphatic heterocycles. The molecule has 2 rings (SSSR count). The number of benzene rings is 1. The van der Waals surface area contributed by atoms with E-state index in [-0.39, 0.29) is 6.04 Å². The highest BCUT2D eigenvalue weighted by Gasteiger charge is 2.19. The lowest BCUT2D eigenvalue weighted by atomic mass is 10.0. The van der Waals surface area contributed by atoms with Crippen LogP contribution in [0.15, 0.2) is 31.8 Å². The van der Waals surface area contributed by atoms with Crippen LogP contribution in [0.25, 0.3) is 0 Å². The van der Waals surface area contributed by atoms with E-state index >= 15 is 0 Å². The summed E-state index contributed by atoms with van der Waals surface area (Å²) >= 11 is 21.0. The minimum atomic E-state index is 0.0987. The van der Waals surface area contributed by atoms with Gasteiger partial charge in [-0.25, -0.2) is 0 Å². The molecule has 2 aromatic rings. The van der Waals surface area contributed by atoms with Gasteiger partial charge in [-0.15, -0.1) is 11.3 Å². The molecule has 0 saturated carbocycles. The summed E-state index contributed by atoms with van der Waals surface area (Å²) in [4.78, 5) is 0. The van der Waals surface area contributed by atoms with E-state index in [1.165, 1.54) is 5.56 Å². The Morgan fingerprint density at radius 2 is 1.95 bits per heavy atom. The van der Waals surface area contributed by atoms with Crippen molar-refractivity contribution in [3.8, 4) is 0 Å². The Kier molecular flexibility index (Phi) is 6.39. The average Bonchev–Trinajstić information content (AvgIpc) is 2.73. The quantitative estimate of drug-likeness (QED) is 0.528. The van der Waals surface area contributed by atoms with Gasteiger partial charge in [0.05, 0.1) is 23.7 Å². The number of hydrogen-bond donors (Lipinski definition) is 1. The van der Waals surface area contributed by atoms with Crippen molar-refractivity contribution < 1.29 is 0 Å². The molecular weight excluding hydrogens is 445 g/mol. The molecule has 1 heterocycles. The van der Waals surface area contributed by atoms with Gasteiger partial charge in [0.2, 0.25) is 0 Å². The molecule has 0 amide bonds. The van der Waals surface area contributed by atoms with E-state index in [0.717, 1.165) is 26.1 Å². The van der Waals surface area contributed by atoms with Gasteiger partial charge in [0.25, 0.3) is 0 Å². The zero-order chi connectivity index (χ0) is 14.7. The van der Waals surface area contributed by atoms with E-state index in [2.05, 4.69) is 50.2 Å². The third kappa shape index (κ3) is 3.99. The summed E-state index contributed by atoms with van der Waals surface area (Å²) in [6, 6.07) is 8.01. The standard InChI is InChI=1S/C14H13Br2Cl2NS/c1-2-5-19-13(9-7-12(15)20-14(9)16)8-3-4-10(17)11(18)6-8/h3-4,6-7,13,19H,2,5H2,1H3. The summed E-state index contributed by atoms with van der Waals surface area (Å²) in [7, 11) is 0. The van der Waals surface area contributed by atoms with E-state index in [1.54, 1.807) is 11.3 Å². The van der Waals surface area contributed by atoms with Crippen molar-refractivity contribution in [2.45, 2.75) is 19.4 Å². The van der Waals surface area contributed by atoms with Crippen molar-refractivity contribution >= 4 is 66.4 Å². The minimum absolute atomic E-state index is 0.0987. The molecule has 0 bridgehead atoms. The molecule has 20 heavy (non-hydrogen) atoms. The largest absolute Gasteiger partial charge is 0.306 e. The van der Waals surface area contributed by atoms with Crippen LogP contribution in [0.1, 0.15) is 30.5 Å². The Hall–Kier alpha value is 0.420. The highest BCUT2D eigenvalue weighted by Crippen LogP contribution is 2.38. The zero-order valence-corrected chi connectivity index (χ0v) is 16.2. The lowest BCUT2D eigenvalue weighted by Gasteiger charge is -2.19. The molecule has 1 N–H and O–H groups in total. The highest BCUT2D eigenvalue weighted by molar-refractivity contribution is 9.12. The Morgan fingerprint density at radius 3 is 2.50 bits per heavy atom. The predicted octanol–water partition coefficient (Wildman–Crippen LogP) is 6.67. The number of halogens is 4. The van der Waals surface area contributed by atoms with E-state index in [9.17, 15) is 0 Å². The molecule has 108 valence electrons. The van der Waals surface area contributed by atoms with Crippen molar-refractivity contribution in [3.05, 3.63) is 53.0 Å². The molecule has 1 unspecified atom stereocenters. The Balaban J connectivity index is 2.41. The maximum atomic E-state index is 6.15. The van der Waals surface area contributed by atoms with E-state index in [0.29, 0.717) is 10.0 Å². The van der Waals surface area contributed by atoms with E-state index < -0.39 is 0 Å².